The molecule has 0 bridgehead atoms. The van der Waals surface area contributed by atoms with Crippen molar-refractivity contribution in [2.75, 3.05) is 13.3 Å². The van der Waals surface area contributed by atoms with Crippen molar-refractivity contribution < 1.29 is 33.2 Å². The third-order valence-electron chi connectivity index (χ3n) is 7.22. The smallest absolute Gasteiger partial charge is 0.224 e. The highest BCUT2D eigenvalue weighted by Crippen LogP contribution is 2.36. The van der Waals surface area contributed by atoms with Crippen LogP contribution in [0, 0.1) is 0 Å². The van der Waals surface area contributed by atoms with Gasteiger partial charge in [-0.15, -0.1) is 0 Å². The summed E-state index contributed by atoms with van der Waals surface area (Å²) in [6.07, 6.45) is -3.64. The Bertz CT molecular complexity index is 1310. The first-order valence-corrected chi connectivity index (χ1v) is 14.2. The molecule has 0 aromatic heterocycles. The summed E-state index contributed by atoms with van der Waals surface area (Å²) in [4.78, 5) is 0. The molecular formula is C35H37FO6. The van der Waals surface area contributed by atoms with E-state index in [2.05, 4.69) is 0 Å². The number of rotatable bonds is 14. The largest absolute Gasteiger partial charge is 0.374 e. The third kappa shape index (κ3) is 8.10. The molecule has 1 saturated heterocycles. The number of alkyl halides is 1. The lowest BCUT2D eigenvalue weighted by atomic mass is 9.92. The highest BCUT2D eigenvalue weighted by atomic mass is 19.1. The van der Waals surface area contributed by atoms with Gasteiger partial charge in [-0.25, -0.2) is 4.39 Å². The standard InChI is InChI=1S/C35H37FO6/c36-26-35(37)34(41-24-30-19-11-4-12-20-30)33(40-23-29-17-9-3-10-18-29)32(39-22-28-15-7-2-8-16-28)31(42-35)25-38-21-27-13-5-1-6-14-27/h1-20,31-34,37H,21-26H2/t31-,32-,33+,34+,35+/m1/s1. The second kappa shape index (κ2) is 15.2. The summed E-state index contributed by atoms with van der Waals surface area (Å²) in [6.45, 7) is -0.228. The second-order valence-corrected chi connectivity index (χ2v) is 10.4. The summed E-state index contributed by atoms with van der Waals surface area (Å²) in [5.41, 5.74) is 3.73. The fraction of sp³-hybridized carbons (Fsp3) is 0.314. The number of aliphatic hydroxyl groups is 1. The first-order chi connectivity index (χ1) is 20.6. The quantitative estimate of drug-likeness (QED) is 0.200. The zero-order valence-corrected chi connectivity index (χ0v) is 23.5. The Balaban J connectivity index is 1.42. The van der Waals surface area contributed by atoms with Gasteiger partial charge in [0.15, 0.2) is 0 Å². The third-order valence-corrected chi connectivity index (χ3v) is 7.22. The molecule has 4 aromatic carbocycles. The van der Waals surface area contributed by atoms with Gasteiger partial charge in [-0.1, -0.05) is 121 Å². The number of halogens is 1. The molecule has 42 heavy (non-hydrogen) atoms. The highest BCUT2D eigenvalue weighted by molar-refractivity contribution is 5.16. The van der Waals surface area contributed by atoms with E-state index in [9.17, 15) is 9.50 Å². The van der Waals surface area contributed by atoms with Crippen molar-refractivity contribution in [1.29, 1.82) is 0 Å². The van der Waals surface area contributed by atoms with Crippen molar-refractivity contribution in [2.45, 2.75) is 56.6 Å². The first-order valence-electron chi connectivity index (χ1n) is 14.2. The second-order valence-electron chi connectivity index (χ2n) is 10.4. The lowest BCUT2D eigenvalue weighted by Crippen LogP contribution is -2.68. The van der Waals surface area contributed by atoms with E-state index in [4.69, 9.17) is 23.7 Å². The molecule has 0 saturated carbocycles. The van der Waals surface area contributed by atoms with Gasteiger partial charge in [-0.3, -0.25) is 0 Å². The minimum Gasteiger partial charge on any atom is -0.374 e. The van der Waals surface area contributed by atoms with E-state index >= 15 is 0 Å². The molecule has 1 heterocycles. The number of hydrogen-bond acceptors (Lipinski definition) is 6. The Hall–Kier alpha value is -3.43. The number of benzene rings is 4. The number of hydrogen-bond donors (Lipinski definition) is 1. The molecule has 0 aliphatic carbocycles. The maximum atomic E-state index is 14.7. The van der Waals surface area contributed by atoms with Gasteiger partial charge in [0.1, 0.15) is 31.1 Å². The maximum Gasteiger partial charge on any atom is 0.224 e. The van der Waals surface area contributed by atoms with E-state index in [0.717, 1.165) is 22.3 Å². The van der Waals surface area contributed by atoms with Crippen LogP contribution in [0.25, 0.3) is 0 Å². The number of ether oxygens (including phenoxy) is 5. The molecule has 0 spiro atoms. The monoisotopic (exact) mass is 572 g/mol. The minimum atomic E-state index is -2.27. The van der Waals surface area contributed by atoms with Crippen LogP contribution in [0.2, 0.25) is 0 Å². The first kappa shape index (κ1) is 30.0. The Morgan fingerprint density at radius 3 is 1.43 bits per heavy atom. The van der Waals surface area contributed by atoms with Crippen LogP contribution in [0.5, 0.6) is 0 Å². The molecule has 0 radical (unpaired) electrons. The van der Waals surface area contributed by atoms with Gasteiger partial charge < -0.3 is 28.8 Å². The highest BCUT2D eigenvalue weighted by Gasteiger charge is 2.56. The summed E-state index contributed by atoms with van der Waals surface area (Å²) in [6, 6.07) is 38.6. The van der Waals surface area contributed by atoms with Gasteiger partial charge in [0.25, 0.3) is 0 Å². The van der Waals surface area contributed by atoms with Crippen LogP contribution < -0.4 is 0 Å². The van der Waals surface area contributed by atoms with Gasteiger partial charge in [-0.2, -0.15) is 0 Å². The van der Waals surface area contributed by atoms with E-state index in [-0.39, 0.29) is 26.4 Å². The summed E-state index contributed by atoms with van der Waals surface area (Å²) in [7, 11) is 0. The molecule has 1 N–H and O–H groups in total. The lowest BCUT2D eigenvalue weighted by molar-refractivity contribution is -0.373. The average Bonchev–Trinajstić information content (AvgIpc) is 3.05. The lowest BCUT2D eigenvalue weighted by Gasteiger charge is -2.49. The SMILES string of the molecule is O[C@@]1(CF)O[C@H](COCc2ccccc2)[C@@H](OCc2ccccc2)[C@H](OCc2ccccc2)[C@@H]1OCc1ccccc1. The summed E-state index contributed by atoms with van der Waals surface area (Å²) >= 11 is 0. The van der Waals surface area contributed by atoms with Gasteiger partial charge in [-0.05, 0) is 22.3 Å². The van der Waals surface area contributed by atoms with Crippen LogP contribution in [-0.4, -0.2) is 48.6 Å². The van der Waals surface area contributed by atoms with Crippen molar-refractivity contribution in [1.82, 2.24) is 0 Å². The van der Waals surface area contributed by atoms with Crippen LogP contribution in [0.4, 0.5) is 4.39 Å². The molecule has 5 atom stereocenters. The van der Waals surface area contributed by atoms with Gasteiger partial charge in [0.2, 0.25) is 5.79 Å². The topological polar surface area (TPSA) is 66.4 Å². The molecule has 7 heteroatoms. The van der Waals surface area contributed by atoms with Crippen LogP contribution in [0.15, 0.2) is 121 Å². The fourth-order valence-electron chi connectivity index (χ4n) is 5.04. The van der Waals surface area contributed by atoms with E-state index in [1.165, 1.54) is 0 Å². The van der Waals surface area contributed by atoms with E-state index in [0.29, 0.717) is 6.61 Å². The van der Waals surface area contributed by atoms with E-state index < -0.39 is 36.9 Å². The minimum absolute atomic E-state index is 0.0489. The molecular weight excluding hydrogens is 535 g/mol. The normalized spacial score (nSPS) is 24.0. The Labute approximate surface area is 246 Å². The summed E-state index contributed by atoms with van der Waals surface area (Å²) in [5, 5.41) is 11.6. The molecule has 0 unspecified atom stereocenters. The van der Waals surface area contributed by atoms with Gasteiger partial charge >= 0.3 is 0 Å². The molecule has 220 valence electrons. The van der Waals surface area contributed by atoms with Crippen molar-refractivity contribution >= 4 is 0 Å². The summed E-state index contributed by atoms with van der Waals surface area (Å²) in [5.74, 6) is -2.27. The van der Waals surface area contributed by atoms with Crippen LogP contribution in [0.3, 0.4) is 0 Å². The predicted molar refractivity (Wildman–Crippen MR) is 157 cm³/mol. The molecule has 1 fully saturated rings. The summed E-state index contributed by atoms with van der Waals surface area (Å²) < 4.78 is 45.9. The molecule has 4 aromatic rings. The molecule has 0 amide bonds. The zero-order chi connectivity index (χ0) is 29.0. The molecule has 1 aliphatic heterocycles. The maximum absolute atomic E-state index is 14.7. The van der Waals surface area contributed by atoms with Crippen LogP contribution >= 0.6 is 0 Å². The Morgan fingerprint density at radius 2 is 0.976 bits per heavy atom. The fourth-order valence-corrected chi connectivity index (χ4v) is 5.04. The van der Waals surface area contributed by atoms with E-state index in [1.54, 1.807) is 0 Å². The molecule has 5 rings (SSSR count). The van der Waals surface area contributed by atoms with Crippen molar-refractivity contribution in [3.63, 3.8) is 0 Å². The zero-order valence-electron chi connectivity index (χ0n) is 23.5. The van der Waals surface area contributed by atoms with Crippen molar-refractivity contribution in [3.8, 4) is 0 Å². The van der Waals surface area contributed by atoms with Crippen LogP contribution in [-0.2, 0) is 50.1 Å². The van der Waals surface area contributed by atoms with Gasteiger partial charge in [0, 0.05) is 0 Å². The van der Waals surface area contributed by atoms with Crippen LogP contribution in [0.1, 0.15) is 22.3 Å². The van der Waals surface area contributed by atoms with E-state index in [1.807, 2.05) is 121 Å². The molecule has 6 nitrogen and oxygen atoms in total. The predicted octanol–water partition coefficient (Wildman–Crippen LogP) is 6.02. The Kier molecular flexibility index (Phi) is 10.8. The van der Waals surface area contributed by atoms with Crippen molar-refractivity contribution in [3.05, 3.63) is 144 Å². The Morgan fingerprint density at radius 1 is 0.571 bits per heavy atom. The van der Waals surface area contributed by atoms with Crippen molar-refractivity contribution in [2.24, 2.45) is 0 Å². The molecule has 1 aliphatic rings. The van der Waals surface area contributed by atoms with Gasteiger partial charge in [0.05, 0.1) is 33.0 Å². The average molecular weight is 573 g/mol.